The minimum atomic E-state index is -0.765. The summed E-state index contributed by atoms with van der Waals surface area (Å²) >= 11 is 0. The first kappa shape index (κ1) is 21.9. The van der Waals surface area contributed by atoms with Crippen molar-refractivity contribution in [1.29, 1.82) is 0 Å². The number of hydrogen-bond donors (Lipinski definition) is 0. The minimum absolute atomic E-state index is 0.264. The van der Waals surface area contributed by atoms with Gasteiger partial charge in [-0.3, -0.25) is 9.59 Å². The Morgan fingerprint density at radius 1 is 0.739 bits per heavy atom. The summed E-state index contributed by atoms with van der Waals surface area (Å²) in [6.07, 6.45) is 7.27. The van der Waals surface area contributed by atoms with Crippen molar-refractivity contribution in [2.75, 3.05) is 13.2 Å². The van der Waals surface area contributed by atoms with Crippen molar-refractivity contribution < 1.29 is 19.1 Å². The minimum Gasteiger partial charge on any atom is -0.465 e. The Morgan fingerprint density at radius 3 is 1.61 bits per heavy atom. The predicted octanol–water partition coefficient (Wildman–Crippen LogP) is 4.75. The fourth-order valence-electron chi connectivity index (χ4n) is 2.16. The van der Waals surface area contributed by atoms with E-state index in [1.54, 1.807) is 0 Å². The summed E-state index contributed by atoms with van der Waals surface area (Å²) in [5.74, 6) is -1.10. The maximum absolute atomic E-state index is 12.2. The smallest absolute Gasteiger partial charge is 0.320 e. The molecule has 0 aliphatic heterocycles. The van der Waals surface area contributed by atoms with E-state index >= 15 is 0 Å². The SMILES string of the molecule is CCCCCCCCC(C(=O)OCC(C)C)C(=O)OCC(C)C. The Kier molecular flexibility index (Phi) is 12.8. The largest absolute Gasteiger partial charge is 0.465 e. The van der Waals surface area contributed by atoms with Crippen LogP contribution in [0.2, 0.25) is 0 Å². The van der Waals surface area contributed by atoms with Gasteiger partial charge in [0.05, 0.1) is 13.2 Å². The summed E-state index contributed by atoms with van der Waals surface area (Å²) in [5.41, 5.74) is 0. The Morgan fingerprint density at radius 2 is 1.17 bits per heavy atom. The molecule has 23 heavy (non-hydrogen) atoms. The molecule has 0 aromatic heterocycles. The molecule has 0 fully saturated rings. The number of carbonyl (C=O) groups excluding carboxylic acids is 2. The van der Waals surface area contributed by atoms with Crippen LogP contribution < -0.4 is 0 Å². The molecule has 0 aromatic carbocycles. The number of rotatable bonds is 13. The molecular weight excluding hydrogens is 292 g/mol. The number of unbranched alkanes of at least 4 members (excludes halogenated alkanes) is 5. The van der Waals surface area contributed by atoms with Crippen LogP contribution in [0, 0.1) is 17.8 Å². The summed E-state index contributed by atoms with van der Waals surface area (Å²) < 4.78 is 10.5. The van der Waals surface area contributed by atoms with Gasteiger partial charge in [0.25, 0.3) is 0 Å². The highest BCUT2D eigenvalue weighted by atomic mass is 16.6. The number of carbonyl (C=O) groups is 2. The molecule has 4 nitrogen and oxygen atoms in total. The van der Waals surface area contributed by atoms with E-state index in [4.69, 9.17) is 9.47 Å². The molecule has 0 aliphatic carbocycles. The van der Waals surface area contributed by atoms with Crippen molar-refractivity contribution in [2.45, 2.75) is 79.6 Å². The zero-order valence-electron chi connectivity index (χ0n) is 15.7. The first-order valence-electron chi connectivity index (χ1n) is 9.21. The molecule has 0 spiro atoms. The summed E-state index contributed by atoms with van der Waals surface area (Å²) in [4.78, 5) is 24.4. The molecule has 0 amide bonds. The third-order valence-corrected chi connectivity index (χ3v) is 3.53. The van der Waals surface area contributed by atoms with Gasteiger partial charge >= 0.3 is 11.9 Å². The van der Waals surface area contributed by atoms with Gasteiger partial charge in [-0.15, -0.1) is 0 Å². The summed E-state index contributed by atoms with van der Waals surface area (Å²) in [6.45, 7) is 10.8. The van der Waals surface area contributed by atoms with Crippen molar-refractivity contribution in [1.82, 2.24) is 0 Å². The second-order valence-corrected chi connectivity index (χ2v) is 7.16. The maximum Gasteiger partial charge on any atom is 0.320 e. The van der Waals surface area contributed by atoms with Crippen LogP contribution in [0.15, 0.2) is 0 Å². The monoisotopic (exact) mass is 328 g/mol. The molecule has 0 saturated heterocycles. The van der Waals surface area contributed by atoms with Crippen LogP contribution in [0.3, 0.4) is 0 Å². The third kappa shape index (κ3) is 12.1. The number of esters is 2. The van der Waals surface area contributed by atoms with E-state index in [0.29, 0.717) is 19.6 Å². The Bertz CT molecular complexity index is 299. The van der Waals surface area contributed by atoms with Gasteiger partial charge in [0.1, 0.15) is 0 Å². The van der Waals surface area contributed by atoms with Gasteiger partial charge in [0, 0.05) is 0 Å². The van der Waals surface area contributed by atoms with E-state index in [-0.39, 0.29) is 11.8 Å². The van der Waals surface area contributed by atoms with E-state index < -0.39 is 17.9 Å². The van der Waals surface area contributed by atoms with Crippen LogP contribution in [0.1, 0.15) is 79.6 Å². The summed E-state index contributed by atoms with van der Waals surface area (Å²) in [7, 11) is 0. The average molecular weight is 328 g/mol. The number of hydrogen-bond acceptors (Lipinski definition) is 4. The quantitative estimate of drug-likeness (QED) is 0.278. The Labute approximate surface area is 142 Å². The molecule has 0 radical (unpaired) electrons. The molecule has 0 saturated carbocycles. The highest BCUT2D eigenvalue weighted by Gasteiger charge is 2.29. The third-order valence-electron chi connectivity index (χ3n) is 3.53. The molecule has 136 valence electrons. The second-order valence-electron chi connectivity index (χ2n) is 7.16. The van der Waals surface area contributed by atoms with Crippen molar-refractivity contribution >= 4 is 11.9 Å². The maximum atomic E-state index is 12.2. The summed E-state index contributed by atoms with van der Waals surface area (Å²) in [5, 5.41) is 0. The second kappa shape index (κ2) is 13.4. The van der Waals surface area contributed by atoms with Crippen LogP contribution in [-0.4, -0.2) is 25.2 Å². The molecule has 0 aromatic rings. The van der Waals surface area contributed by atoms with Crippen molar-refractivity contribution in [3.8, 4) is 0 Å². The van der Waals surface area contributed by atoms with Crippen molar-refractivity contribution in [2.24, 2.45) is 17.8 Å². The van der Waals surface area contributed by atoms with Crippen molar-refractivity contribution in [3.05, 3.63) is 0 Å². The van der Waals surface area contributed by atoms with Gasteiger partial charge in [-0.2, -0.15) is 0 Å². The van der Waals surface area contributed by atoms with Gasteiger partial charge in [-0.05, 0) is 18.3 Å². The van der Waals surface area contributed by atoms with E-state index in [0.717, 1.165) is 19.3 Å². The highest BCUT2D eigenvalue weighted by molar-refractivity contribution is 5.94. The average Bonchev–Trinajstić information content (AvgIpc) is 2.49. The van der Waals surface area contributed by atoms with E-state index in [1.807, 2.05) is 27.7 Å². The lowest BCUT2D eigenvalue weighted by atomic mass is 10.00. The van der Waals surface area contributed by atoms with Crippen LogP contribution >= 0.6 is 0 Å². The lowest BCUT2D eigenvalue weighted by Crippen LogP contribution is -2.29. The van der Waals surface area contributed by atoms with Crippen LogP contribution in [-0.2, 0) is 19.1 Å². The van der Waals surface area contributed by atoms with E-state index in [2.05, 4.69) is 6.92 Å². The molecule has 0 aliphatic rings. The normalized spacial score (nSPS) is 11.3. The van der Waals surface area contributed by atoms with Gasteiger partial charge in [0.2, 0.25) is 0 Å². The Hall–Kier alpha value is -1.06. The topological polar surface area (TPSA) is 52.6 Å². The first-order valence-corrected chi connectivity index (χ1v) is 9.21. The number of ether oxygens (including phenoxy) is 2. The fourth-order valence-corrected chi connectivity index (χ4v) is 2.16. The zero-order valence-corrected chi connectivity index (χ0v) is 15.7. The van der Waals surface area contributed by atoms with Crippen LogP contribution in [0.5, 0.6) is 0 Å². The molecule has 0 heterocycles. The van der Waals surface area contributed by atoms with Gasteiger partial charge < -0.3 is 9.47 Å². The van der Waals surface area contributed by atoms with Gasteiger partial charge in [-0.1, -0.05) is 73.1 Å². The first-order chi connectivity index (χ1) is 10.9. The van der Waals surface area contributed by atoms with Gasteiger partial charge in [-0.25, -0.2) is 0 Å². The summed E-state index contributed by atoms with van der Waals surface area (Å²) in [6, 6.07) is 0. The van der Waals surface area contributed by atoms with Crippen LogP contribution in [0.25, 0.3) is 0 Å². The van der Waals surface area contributed by atoms with Gasteiger partial charge in [0.15, 0.2) is 5.92 Å². The zero-order chi connectivity index (χ0) is 17.7. The molecule has 0 atom stereocenters. The molecule has 0 unspecified atom stereocenters. The lowest BCUT2D eigenvalue weighted by Gasteiger charge is -2.17. The highest BCUT2D eigenvalue weighted by Crippen LogP contribution is 2.16. The van der Waals surface area contributed by atoms with E-state index in [9.17, 15) is 9.59 Å². The van der Waals surface area contributed by atoms with Crippen LogP contribution in [0.4, 0.5) is 0 Å². The van der Waals surface area contributed by atoms with E-state index in [1.165, 1.54) is 19.3 Å². The molecule has 0 bridgehead atoms. The van der Waals surface area contributed by atoms with Crippen molar-refractivity contribution in [3.63, 3.8) is 0 Å². The standard InChI is InChI=1S/C19H36O4/c1-6-7-8-9-10-11-12-17(18(20)22-13-15(2)3)19(21)23-14-16(4)5/h15-17H,6-14H2,1-5H3. The lowest BCUT2D eigenvalue weighted by molar-refractivity contribution is -0.163. The molecule has 4 heteroatoms. The molecule has 0 rings (SSSR count). The fraction of sp³-hybridized carbons (Fsp3) is 0.895. The molecular formula is C19H36O4. The predicted molar refractivity (Wildman–Crippen MR) is 93.1 cm³/mol. The molecule has 0 N–H and O–H groups in total. The Balaban J connectivity index is 4.36.